The number of likely N-dealkylation sites (tertiary alicyclic amines) is 2. The van der Waals surface area contributed by atoms with Crippen molar-refractivity contribution in [1.29, 1.82) is 0 Å². The number of hydrogen-bond acceptors (Lipinski definition) is 5. The lowest BCUT2D eigenvalue weighted by atomic mass is 9.84. The van der Waals surface area contributed by atoms with Crippen LogP contribution in [0.4, 0.5) is 4.79 Å². The molecule has 0 aliphatic carbocycles. The largest absolute Gasteiger partial charge is 0.394 e. The summed E-state index contributed by atoms with van der Waals surface area (Å²) in [4.78, 5) is 42.3. The van der Waals surface area contributed by atoms with Gasteiger partial charge in [-0.15, -0.1) is 0 Å². The van der Waals surface area contributed by atoms with Crippen LogP contribution < -0.4 is 16.0 Å². The van der Waals surface area contributed by atoms with E-state index >= 15 is 0 Å². The molecule has 9 heteroatoms. The first-order valence-corrected chi connectivity index (χ1v) is 10.9. The van der Waals surface area contributed by atoms with Gasteiger partial charge in [0, 0.05) is 19.1 Å². The van der Waals surface area contributed by atoms with E-state index in [-0.39, 0.29) is 36.5 Å². The van der Waals surface area contributed by atoms with Gasteiger partial charge in [-0.2, -0.15) is 0 Å². The predicted octanol–water partition coefficient (Wildman–Crippen LogP) is 0.281. The molecule has 0 spiro atoms. The zero-order valence-corrected chi connectivity index (χ0v) is 19.4. The molecule has 0 bridgehead atoms. The van der Waals surface area contributed by atoms with Crippen LogP contribution in [0.3, 0.4) is 0 Å². The van der Waals surface area contributed by atoms with E-state index in [9.17, 15) is 19.5 Å². The normalized spacial score (nSPS) is 25.8. The molecule has 0 aromatic heterocycles. The Hall–Kier alpha value is -1.87. The van der Waals surface area contributed by atoms with Crippen molar-refractivity contribution in [1.82, 2.24) is 25.8 Å². The molecular formula is C21H39N5O4. The van der Waals surface area contributed by atoms with E-state index in [0.29, 0.717) is 25.9 Å². The number of likely N-dealkylation sites (N-methyl/N-ethyl adjacent to an activating group) is 1. The van der Waals surface area contributed by atoms with E-state index in [0.717, 1.165) is 0 Å². The second-order valence-corrected chi connectivity index (χ2v) is 9.92. The Bertz CT molecular complexity index is 662. The van der Waals surface area contributed by atoms with Gasteiger partial charge in [0.15, 0.2) is 0 Å². The van der Waals surface area contributed by atoms with Gasteiger partial charge >= 0.3 is 6.03 Å². The number of nitrogens with one attached hydrogen (secondary N) is 3. The topological polar surface area (TPSA) is 114 Å². The van der Waals surface area contributed by atoms with Gasteiger partial charge in [0.1, 0.15) is 6.04 Å². The molecule has 0 radical (unpaired) electrons. The molecule has 1 unspecified atom stereocenters. The fraction of sp³-hybridized carbons (Fsp3) is 0.857. The monoisotopic (exact) mass is 425 g/mol. The van der Waals surface area contributed by atoms with Crippen molar-refractivity contribution in [2.75, 3.05) is 26.7 Å². The fourth-order valence-electron chi connectivity index (χ4n) is 4.52. The number of carbonyl (C=O) groups excluding carboxylic acids is 3. The van der Waals surface area contributed by atoms with E-state index in [4.69, 9.17) is 0 Å². The average Bonchev–Trinajstić information content (AvgIpc) is 3.20. The molecule has 4 amide bonds. The van der Waals surface area contributed by atoms with Crippen LogP contribution in [0.25, 0.3) is 0 Å². The van der Waals surface area contributed by atoms with Crippen LogP contribution >= 0.6 is 0 Å². The fourth-order valence-corrected chi connectivity index (χ4v) is 4.52. The van der Waals surface area contributed by atoms with Crippen LogP contribution in [0.5, 0.6) is 0 Å². The number of aliphatic hydroxyl groups excluding tert-OH is 1. The zero-order chi connectivity index (χ0) is 22.9. The zero-order valence-electron chi connectivity index (χ0n) is 19.4. The number of aliphatic hydroxyl groups is 1. The average molecular weight is 426 g/mol. The molecule has 0 aromatic rings. The lowest BCUT2D eigenvalue weighted by Gasteiger charge is -2.42. The minimum absolute atomic E-state index is 0.00964. The number of urea groups is 1. The Morgan fingerprint density at radius 2 is 1.77 bits per heavy atom. The second kappa shape index (κ2) is 9.09. The number of amides is 4. The minimum Gasteiger partial charge on any atom is -0.394 e. The van der Waals surface area contributed by atoms with Gasteiger partial charge in [0.05, 0.1) is 24.2 Å². The van der Waals surface area contributed by atoms with E-state index in [1.165, 1.54) is 0 Å². The van der Waals surface area contributed by atoms with Crippen LogP contribution in [0.2, 0.25) is 0 Å². The smallest absolute Gasteiger partial charge is 0.317 e. The first-order valence-electron chi connectivity index (χ1n) is 10.9. The molecule has 2 fully saturated rings. The highest BCUT2D eigenvalue weighted by molar-refractivity contribution is 5.91. The number of rotatable bonds is 6. The van der Waals surface area contributed by atoms with Gasteiger partial charge in [-0.3, -0.25) is 9.59 Å². The summed E-state index contributed by atoms with van der Waals surface area (Å²) in [7, 11) is 1.69. The van der Waals surface area contributed by atoms with Gasteiger partial charge < -0.3 is 30.9 Å². The lowest BCUT2D eigenvalue weighted by molar-refractivity contribution is -0.144. The summed E-state index contributed by atoms with van der Waals surface area (Å²) >= 11 is 0. The number of hydrogen-bond donors (Lipinski definition) is 4. The predicted molar refractivity (Wildman–Crippen MR) is 115 cm³/mol. The van der Waals surface area contributed by atoms with Crippen LogP contribution in [-0.2, 0) is 9.59 Å². The van der Waals surface area contributed by atoms with Crippen molar-refractivity contribution < 1.29 is 19.5 Å². The summed E-state index contributed by atoms with van der Waals surface area (Å²) in [6.45, 7) is 12.0. The number of fused-ring (bicyclic) bond motifs is 1. The van der Waals surface area contributed by atoms with Crippen molar-refractivity contribution >= 4 is 17.8 Å². The summed E-state index contributed by atoms with van der Waals surface area (Å²) in [6.07, 6.45) is 1.12. The molecule has 0 saturated carbocycles. The molecule has 172 valence electrons. The summed E-state index contributed by atoms with van der Waals surface area (Å²) in [5.74, 6) is -0.453. The third-order valence-corrected chi connectivity index (χ3v) is 6.38. The highest BCUT2D eigenvalue weighted by Crippen LogP contribution is 2.42. The molecule has 9 nitrogen and oxygen atoms in total. The van der Waals surface area contributed by atoms with Crippen LogP contribution in [0, 0.1) is 5.41 Å². The van der Waals surface area contributed by atoms with Crippen molar-refractivity contribution in [3.63, 3.8) is 0 Å². The molecule has 2 heterocycles. The molecule has 2 aliphatic heterocycles. The lowest BCUT2D eigenvalue weighted by Crippen LogP contribution is -2.63. The quantitative estimate of drug-likeness (QED) is 0.488. The molecule has 2 rings (SSSR count). The molecule has 4 N–H and O–H groups in total. The Labute approximate surface area is 179 Å². The number of carbonyl (C=O) groups is 3. The molecule has 2 saturated heterocycles. The third-order valence-electron chi connectivity index (χ3n) is 6.38. The van der Waals surface area contributed by atoms with E-state index in [1.807, 2.05) is 34.6 Å². The number of nitrogens with zero attached hydrogens (tertiary/aromatic N) is 2. The summed E-state index contributed by atoms with van der Waals surface area (Å²) in [5, 5.41) is 19.1. The second-order valence-electron chi connectivity index (χ2n) is 9.92. The summed E-state index contributed by atoms with van der Waals surface area (Å²) in [5.41, 5.74) is -1.32. The van der Waals surface area contributed by atoms with Crippen molar-refractivity contribution in [2.24, 2.45) is 5.41 Å². The highest BCUT2D eigenvalue weighted by atomic mass is 16.3. The van der Waals surface area contributed by atoms with Crippen molar-refractivity contribution in [3.05, 3.63) is 0 Å². The maximum atomic E-state index is 13.7. The molecule has 30 heavy (non-hydrogen) atoms. The SMILES string of the molecule is CN[C@@H](C)C(=O)N[C@H](C(=O)N1CCC2N(C(=O)NC(C)C)CC[C@]21CO)C(C)(C)C. The molecular weight excluding hydrogens is 386 g/mol. The first kappa shape index (κ1) is 24.4. The maximum absolute atomic E-state index is 13.7. The van der Waals surface area contributed by atoms with Gasteiger partial charge in [0.25, 0.3) is 0 Å². The Kier molecular flexibility index (Phi) is 7.40. The summed E-state index contributed by atoms with van der Waals surface area (Å²) < 4.78 is 0. The van der Waals surface area contributed by atoms with Crippen LogP contribution in [0.15, 0.2) is 0 Å². The van der Waals surface area contributed by atoms with Crippen molar-refractivity contribution in [3.8, 4) is 0 Å². The van der Waals surface area contributed by atoms with Gasteiger partial charge in [-0.1, -0.05) is 20.8 Å². The molecule has 2 aliphatic rings. The highest BCUT2D eigenvalue weighted by Gasteiger charge is 2.59. The Morgan fingerprint density at radius 1 is 1.13 bits per heavy atom. The van der Waals surface area contributed by atoms with E-state index < -0.39 is 23.0 Å². The Balaban J connectivity index is 2.28. The van der Waals surface area contributed by atoms with Gasteiger partial charge in [0.2, 0.25) is 11.8 Å². The standard InChI is InChI=1S/C21H39N5O4/c1-13(2)23-19(30)25-11-9-21(12-27)15(25)8-10-26(21)18(29)16(20(4,5)6)24-17(28)14(3)22-7/h13-16,22,27H,8-12H2,1-7H3,(H,23,30)(H,24,28)/t14-,15?,16+,21-/m0/s1. The van der Waals surface area contributed by atoms with Gasteiger partial charge in [-0.05, 0) is 46.1 Å². The Morgan fingerprint density at radius 3 is 2.27 bits per heavy atom. The maximum Gasteiger partial charge on any atom is 0.317 e. The van der Waals surface area contributed by atoms with E-state index in [1.54, 1.807) is 23.8 Å². The van der Waals surface area contributed by atoms with Crippen LogP contribution in [-0.4, -0.2) is 89.2 Å². The van der Waals surface area contributed by atoms with Gasteiger partial charge in [-0.25, -0.2) is 4.79 Å². The minimum atomic E-state index is -0.811. The summed E-state index contributed by atoms with van der Waals surface area (Å²) in [6, 6.07) is -1.56. The third kappa shape index (κ3) is 4.56. The molecule has 4 atom stereocenters. The first-order chi connectivity index (χ1) is 13.9. The van der Waals surface area contributed by atoms with Crippen LogP contribution in [0.1, 0.15) is 54.4 Å². The molecule has 0 aromatic carbocycles. The van der Waals surface area contributed by atoms with Crippen molar-refractivity contribution in [2.45, 2.75) is 84.1 Å². The van der Waals surface area contributed by atoms with E-state index in [2.05, 4.69) is 16.0 Å².